The Bertz CT molecular complexity index is 1240. The van der Waals surface area contributed by atoms with Crippen molar-refractivity contribution < 1.29 is 13.9 Å². The van der Waals surface area contributed by atoms with Crippen LogP contribution in [0.4, 0.5) is 0 Å². The van der Waals surface area contributed by atoms with Crippen molar-refractivity contribution in [2.75, 3.05) is 6.61 Å². The Balaban J connectivity index is 1.80. The van der Waals surface area contributed by atoms with E-state index >= 15 is 0 Å². The lowest BCUT2D eigenvalue weighted by molar-refractivity contribution is 0.0920. The summed E-state index contributed by atoms with van der Waals surface area (Å²) in [5.74, 6) is 0.0460. The van der Waals surface area contributed by atoms with Crippen LogP contribution < -0.4 is 10.2 Å². The second-order valence-corrected chi connectivity index (χ2v) is 7.11. The molecule has 0 spiro atoms. The zero-order valence-corrected chi connectivity index (χ0v) is 16.4. The van der Waals surface area contributed by atoms with Gasteiger partial charge in [-0.3, -0.25) is 9.59 Å². The molecule has 0 radical (unpaired) electrons. The SMILES string of the molecule is Cc1ccc(-c2oc3ccc(Cl)cc3c(=O)c2OCC(=O)c2ccccc2)cc1. The van der Waals surface area contributed by atoms with Crippen molar-refractivity contribution in [2.24, 2.45) is 0 Å². The van der Waals surface area contributed by atoms with Crippen LogP contribution >= 0.6 is 11.6 Å². The van der Waals surface area contributed by atoms with E-state index in [1.54, 1.807) is 36.4 Å². The van der Waals surface area contributed by atoms with Crippen LogP contribution in [0.15, 0.2) is 82.0 Å². The fourth-order valence-corrected chi connectivity index (χ4v) is 3.19. The maximum atomic E-state index is 13.1. The monoisotopic (exact) mass is 404 g/mol. The molecule has 144 valence electrons. The van der Waals surface area contributed by atoms with Crippen LogP contribution in [-0.4, -0.2) is 12.4 Å². The largest absolute Gasteiger partial charge is 0.478 e. The van der Waals surface area contributed by atoms with Gasteiger partial charge < -0.3 is 9.15 Å². The van der Waals surface area contributed by atoms with Crippen molar-refractivity contribution in [3.63, 3.8) is 0 Å². The molecule has 4 aromatic rings. The van der Waals surface area contributed by atoms with E-state index in [0.717, 1.165) is 5.56 Å². The Morgan fingerprint density at radius 3 is 2.45 bits per heavy atom. The van der Waals surface area contributed by atoms with Crippen molar-refractivity contribution in [2.45, 2.75) is 6.92 Å². The van der Waals surface area contributed by atoms with E-state index in [1.807, 2.05) is 37.3 Å². The molecular weight excluding hydrogens is 388 g/mol. The first kappa shape index (κ1) is 19.0. The molecule has 0 saturated heterocycles. The standard InChI is InChI=1S/C24H17ClO4/c1-15-7-9-17(10-8-15)23-24(28-14-20(26)16-5-3-2-4-6-16)22(27)19-13-18(25)11-12-21(19)29-23/h2-13H,14H2,1H3. The Hall–Kier alpha value is -3.37. The number of ketones is 1. The van der Waals surface area contributed by atoms with Gasteiger partial charge >= 0.3 is 0 Å². The summed E-state index contributed by atoms with van der Waals surface area (Å²) in [5.41, 5.74) is 2.30. The molecule has 0 saturated carbocycles. The van der Waals surface area contributed by atoms with E-state index in [2.05, 4.69) is 0 Å². The Morgan fingerprint density at radius 1 is 1.00 bits per heavy atom. The van der Waals surface area contributed by atoms with Crippen LogP contribution in [0, 0.1) is 6.92 Å². The quantitative estimate of drug-likeness (QED) is 0.401. The second-order valence-electron chi connectivity index (χ2n) is 6.67. The first-order valence-electron chi connectivity index (χ1n) is 9.07. The third kappa shape index (κ3) is 3.93. The second kappa shape index (κ2) is 7.94. The maximum Gasteiger partial charge on any atom is 0.235 e. The fraction of sp³-hybridized carbons (Fsp3) is 0.0833. The number of halogens is 1. The topological polar surface area (TPSA) is 56.5 Å². The predicted molar refractivity (Wildman–Crippen MR) is 114 cm³/mol. The van der Waals surface area contributed by atoms with Crippen LogP contribution in [0.25, 0.3) is 22.3 Å². The molecule has 1 heterocycles. The van der Waals surface area contributed by atoms with Gasteiger partial charge in [-0.1, -0.05) is 71.8 Å². The van der Waals surface area contributed by atoms with Gasteiger partial charge in [-0.2, -0.15) is 0 Å². The van der Waals surface area contributed by atoms with Gasteiger partial charge in [0.25, 0.3) is 0 Å². The minimum atomic E-state index is -0.370. The molecule has 0 atom stereocenters. The van der Waals surface area contributed by atoms with Gasteiger partial charge in [0.2, 0.25) is 11.2 Å². The summed E-state index contributed by atoms with van der Waals surface area (Å²) in [5, 5.41) is 0.717. The lowest BCUT2D eigenvalue weighted by Gasteiger charge is -2.12. The van der Waals surface area contributed by atoms with E-state index in [-0.39, 0.29) is 29.3 Å². The summed E-state index contributed by atoms with van der Waals surface area (Å²) < 4.78 is 11.7. The molecule has 29 heavy (non-hydrogen) atoms. The van der Waals surface area contributed by atoms with E-state index in [9.17, 15) is 9.59 Å². The highest BCUT2D eigenvalue weighted by Crippen LogP contribution is 2.32. The number of Topliss-reactive ketones (excluding diaryl/α,β-unsaturated/α-hetero) is 1. The highest BCUT2D eigenvalue weighted by atomic mass is 35.5. The molecule has 3 aromatic carbocycles. The third-order valence-electron chi connectivity index (χ3n) is 4.57. The van der Waals surface area contributed by atoms with Crippen molar-refractivity contribution in [1.82, 2.24) is 0 Å². The summed E-state index contributed by atoms with van der Waals surface area (Å²) >= 11 is 6.05. The summed E-state index contributed by atoms with van der Waals surface area (Å²) in [6, 6.07) is 21.2. The van der Waals surface area contributed by atoms with E-state index in [4.69, 9.17) is 20.8 Å². The van der Waals surface area contributed by atoms with Gasteiger partial charge in [0, 0.05) is 16.1 Å². The van der Waals surface area contributed by atoms with E-state index in [0.29, 0.717) is 27.1 Å². The lowest BCUT2D eigenvalue weighted by Crippen LogP contribution is -2.17. The number of carbonyl (C=O) groups is 1. The number of rotatable bonds is 5. The van der Waals surface area contributed by atoms with E-state index in [1.165, 1.54) is 6.07 Å². The van der Waals surface area contributed by atoms with Crippen molar-refractivity contribution in [3.05, 3.63) is 99.2 Å². The number of aryl methyl sites for hydroxylation is 1. The molecule has 0 fully saturated rings. The molecule has 1 aromatic heterocycles. The highest BCUT2D eigenvalue weighted by molar-refractivity contribution is 6.31. The molecule has 0 aliphatic heterocycles. The molecule has 0 aliphatic rings. The molecule has 0 unspecified atom stereocenters. The lowest BCUT2D eigenvalue weighted by atomic mass is 10.1. The van der Waals surface area contributed by atoms with Crippen LogP contribution in [0.2, 0.25) is 5.02 Å². The van der Waals surface area contributed by atoms with Gasteiger partial charge in [-0.15, -0.1) is 0 Å². The summed E-state index contributed by atoms with van der Waals surface area (Å²) in [7, 11) is 0. The van der Waals surface area contributed by atoms with Crippen LogP contribution in [-0.2, 0) is 0 Å². The van der Waals surface area contributed by atoms with Gasteiger partial charge in [0.1, 0.15) is 5.58 Å². The molecule has 0 amide bonds. The van der Waals surface area contributed by atoms with E-state index < -0.39 is 0 Å². The minimum absolute atomic E-state index is 0.00657. The van der Waals surface area contributed by atoms with Gasteiger partial charge in [0.15, 0.2) is 18.2 Å². The van der Waals surface area contributed by atoms with Crippen molar-refractivity contribution >= 4 is 28.4 Å². The van der Waals surface area contributed by atoms with Gasteiger partial charge in [-0.25, -0.2) is 0 Å². The molecule has 0 aliphatic carbocycles. The fourth-order valence-electron chi connectivity index (χ4n) is 3.02. The zero-order chi connectivity index (χ0) is 20.4. The normalized spacial score (nSPS) is 10.8. The number of benzene rings is 3. The first-order valence-corrected chi connectivity index (χ1v) is 9.45. The summed E-state index contributed by atoms with van der Waals surface area (Å²) in [6.07, 6.45) is 0. The highest BCUT2D eigenvalue weighted by Gasteiger charge is 2.19. The zero-order valence-electron chi connectivity index (χ0n) is 15.6. The summed E-state index contributed by atoms with van der Waals surface area (Å²) in [4.78, 5) is 25.6. The average molecular weight is 405 g/mol. The van der Waals surface area contributed by atoms with Crippen LogP contribution in [0.3, 0.4) is 0 Å². The smallest absolute Gasteiger partial charge is 0.235 e. The number of fused-ring (bicyclic) bond motifs is 1. The molecule has 5 heteroatoms. The molecular formula is C24H17ClO4. The number of hydrogen-bond donors (Lipinski definition) is 0. The third-order valence-corrected chi connectivity index (χ3v) is 4.80. The Labute approximate surface area is 172 Å². The summed E-state index contributed by atoms with van der Waals surface area (Å²) in [6.45, 7) is 1.69. The molecule has 0 bridgehead atoms. The number of hydrogen-bond acceptors (Lipinski definition) is 4. The minimum Gasteiger partial charge on any atom is -0.478 e. The Morgan fingerprint density at radius 2 is 1.72 bits per heavy atom. The maximum absolute atomic E-state index is 13.1. The average Bonchev–Trinajstić information content (AvgIpc) is 2.74. The van der Waals surface area contributed by atoms with Crippen LogP contribution in [0.5, 0.6) is 5.75 Å². The van der Waals surface area contributed by atoms with Crippen LogP contribution in [0.1, 0.15) is 15.9 Å². The number of ether oxygens (including phenoxy) is 1. The predicted octanol–water partition coefficient (Wildman–Crippen LogP) is 5.68. The Kier molecular flexibility index (Phi) is 5.19. The number of carbonyl (C=O) groups excluding carboxylic acids is 1. The molecule has 4 rings (SSSR count). The van der Waals surface area contributed by atoms with Gasteiger partial charge in [-0.05, 0) is 25.1 Å². The molecule has 4 nitrogen and oxygen atoms in total. The van der Waals surface area contributed by atoms with Gasteiger partial charge in [0.05, 0.1) is 5.39 Å². The first-order chi connectivity index (χ1) is 14.0. The molecule has 0 N–H and O–H groups in total. The van der Waals surface area contributed by atoms with Crippen molar-refractivity contribution in [3.8, 4) is 17.1 Å². The van der Waals surface area contributed by atoms with Crippen molar-refractivity contribution in [1.29, 1.82) is 0 Å².